The fraction of sp³-hybridized carbons (Fsp3) is 0.467. The molecule has 1 rings (SSSR count). The molecule has 0 spiro atoms. The van der Waals surface area contributed by atoms with Gasteiger partial charge in [0.25, 0.3) is 0 Å². The molecule has 0 atom stereocenters. The van der Waals surface area contributed by atoms with Crippen LogP contribution in [-0.2, 0) is 6.54 Å². The molecule has 0 fully saturated rings. The second kappa shape index (κ2) is 9.85. The molecule has 2 N–H and O–H groups in total. The van der Waals surface area contributed by atoms with E-state index in [9.17, 15) is 0 Å². The molecule has 1 aromatic carbocycles. The van der Waals surface area contributed by atoms with Gasteiger partial charge in [-0.1, -0.05) is 21.9 Å². The Bertz CT molecular complexity index is 415. The van der Waals surface area contributed by atoms with E-state index in [0.29, 0.717) is 0 Å². The summed E-state index contributed by atoms with van der Waals surface area (Å²) in [5.74, 6) is 3.29. The summed E-state index contributed by atoms with van der Waals surface area (Å²) in [4.78, 5) is 0. The molecule has 0 heterocycles. The van der Waals surface area contributed by atoms with Gasteiger partial charge < -0.3 is 15.2 Å². The van der Waals surface area contributed by atoms with Crippen LogP contribution in [0.5, 0.6) is 5.75 Å². The molecule has 0 saturated carbocycles. The Hall–Kier alpha value is -1.02. The fourth-order valence-corrected chi connectivity index (χ4v) is 2.12. The van der Waals surface area contributed by atoms with Gasteiger partial charge in [0, 0.05) is 23.2 Å². The van der Waals surface area contributed by atoms with Crippen molar-refractivity contribution < 1.29 is 9.84 Å². The maximum absolute atomic E-state index is 8.69. The summed E-state index contributed by atoms with van der Waals surface area (Å²) in [5.41, 5.74) is 1.09. The zero-order valence-corrected chi connectivity index (χ0v) is 12.6. The highest BCUT2D eigenvalue weighted by Crippen LogP contribution is 2.23. The van der Waals surface area contributed by atoms with Gasteiger partial charge in [0.15, 0.2) is 0 Å². The third kappa shape index (κ3) is 6.63. The summed E-state index contributed by atoms with van der Waals surface area (Å²) in [7, 11) is 0. The Balaban J connectivity index is 2.42. The first-order chi connectivity index (χ1) is 9.27. The van der Waals surface area contributed by atoms with Crippen LogP contribution in [0.1, 0.15) is 24.8 Å². The van der Waals surface area contributed by atoms with Crippen molar-refractivity contribution in [1.29, 1.82) is 0 Å². The van der Waals surface area contributed by atoms with Crippen LogP contribution in [-0.4, -0.2) is 24.9 Å². The fourth-order valence-electron chi connectivity index (χ4n) is 1.71. The highest BCUT2D eigenvalue weighted by Gasteiger charge is 2.04. The lowest BCUT2D eigenvalue weighted by atomic mass is 10.2. The van der Waals surface area contributed by atoms with Crippen molar-refractivity contribution >= 4 is 15.9 Å². The normalized spacial score (nSPS) is 10.2. The summed E-state index contributed by atoms with van der Waals surface area (Å²) in [5, 5.41) is 12.1. The molecular formula is C15H20BrNO2. The first-order valence-electron chi connectivity index (χ1n) is 6.44. The number of aliphatic hydroxyl groups is 1. The van der Waals surface area contributed by atoms with Crippen molar-refractivity contribution in [1.82, 2.24) is 5.32 Å². The van der Waals surface area contributed by atoms with Crippen molar-refractivity contribution in [2.24, 2.45) is 0 Å². The van der Waals surface area contributed by atoms with Gasteiger partial charge in [-0.15, -0.1) is 6.42 Å². The lowest BCUT2D eigenvalue weighted by Gasteiger charge is -2.11. The van der Waals surface area contributed by atoms with Crippen LogP contribution in [0, 0.1) is 12.3 Å². The number of benzene rings is 1. The molecule has 0 aromatic heterocycles. The average Bonchev–Trinajstić information content (AvgIpc) is 2.42. The molecule has 0 unspecified atom stereocenters. The van der Waals surface area contributed by atoms with Crippen LogP contribution in [0.25, 0.3) is 0 Å². The molecule has 4 heteroatoms. The lowest BCUT2D eigenvalue weighted by Crippen LogP contribution is -2.15. The molecule has 1 aromatic rings. The van der Waals surface area contributed by atoms with E-state index in [-0.39, 0.29) is 13.2 Å². The van der Waals surface area contributed by atoms with Gasteiger partial charge in [0.2, 0.25) is 0 Å². The van der Waals surface area contributed by atoms with Gasteiger partial charge >= 0.3 is 0 Å². The van der Waals surface area contributed by atoms with E-state index in [2.05, 4.69) is 27.2 Å². The van der Waals surface area contributed by atoms with Crippen molar-refractivity contribution in [2.75, 3.05) is 19.8 Å². The number of terminal acetylenes is 1. The molecule has 0 aliphatic carbocycles. The second-order valence-electron chi connectivity index (χ2n) is 4.21. The molecule has 0 radical (unpaired) electrons. The van der Waals surface area contributed by atoms with Crippen molar-refractivity contribution in [3.05, 3.63) is 28.2 Å². The first kappa shape index (κ1) is 16.0. The Morgan fingerprint density at radius 1 is 1.32 bits per heavy atom. The van der Waals surface area contributed by atoms with Crippen LogP contribution < -0.4 is 10.1 Å². The smallest absolute Gasteiger partial charge is 0.148 e. The lowest BCUT2D eigenvalue weighted by molar-refractivity contribution is 0.283. The minimum absolute atomic E-state index is 0.274. The van der Waals surface area contributed by atoms with E-state index in [1.54, 1.807) is 0 Å². The van der Waals surface area contributed by atoms with Crippen molar-refractivity contribution in [3.63, 3.8) is 0 Å². The summed E-state index contributed by atoms with van der Waals surface area (Å²) in [6.07, 6.45) is 8.18. The van der Waals surface area contributed by atoms with E-state index >= 15 is 0 Å². The van der Waals surface area contributed by atoms with Crippen molar-refractivity contribution in [2.45, 2.75) is 25.8 Å². The largest absolute Gasteiger partial charge is 0.481 e. The van der Waals surface area contributed by atoms with E-state index < -0.39 is 0 Å². The average molecular weight is 326 g/mol. The highest BCUT2D eigenvalue weighted by atomic mass is 79.9. The number of ether oxygens (including phenoxy) is 1. The standard InChI is InChI=1S/C15H20BrNO2/c1-2-10-19-15-7-6-14(16)11-13(15)12-17-8-4-3-5-9-18/h1,6-7,11,17-18H,3-5,8-10,12H2. The van der Waals surface area contributed by atoms with E-state index in [1.165, 1.54) is 0 Å². The van der Waals surface area contributed by atoms with Crippen LogP contribution >= 0.6 is 15.9 Å². The molecule has 0 saturated heterocycles. The minimum Gasteiger partial charge on any atom is -0.481 e. The Morgan fingerprint density at radius 3 is 2.89 bits per heavy atom. The summed E-state index contributed by atoms with van der Waals surface area (Å²) in [6, 6.07) is 5.90. The van der Waals surface area contributed by atoms with Gasteiger partial charge in [-0.25, -0.2) is 0 Å². The topological polar surface area (TPSA) is 41.5 Å². The number of hydrogen-bond donors (Lipinski definition) is 2. The first-order valence-corrected chi connectivity index (χ1v) is 7.23. The third-order valence-corrected chi connectivity index (χ3v) is 3.15. The number of hydrogen-bond acceptors (Lipinski definition) is 3. The predicted molar refractivity (Wildman–Crippen MR) is 81.1 cm³/mol. The van der Waals surface area contributed by atoms with Gasteiger partial charge in [-0.3, -0.25) is 0 Å². The number of halogens is 1. The number of rotatable bonds is 9. The Labute approximate surface area is 123 Å². The molecular weight excluding hydrogens is 306 g/mol. The highest BCUT2D eigenvalue weighted by molar-refractivity contribution is 9.10. The Morgan fingerprint density at radius 2 is 2.16 bits per heavy atom. The number of unbranched alkanes of at least 4 members (excludes halogenated alkanes) is 2. The van der Waals surface area contributed by atoms with Gasteiger partial charge in [0.05, 0.1) is 0 Å². The molecule has 0 amide bonds. The second-order valence-corrected chi connectivity index (χ2v) is 5.12. The number of aliphatic hydroxyl groups excluding tert-OH is 1. The summed E-state index contributed by atoms with van der Waals surface area (Å²) < 4.78 is 6.53. The molecule has 0 aliphatic rings. The Kier molecular flexibility index (Phi) is 8.31. The third-order valence-electron chi connectivity index (χ3n) is 2.66. The van der Waals surface area contributed by atoms with Gasteiger partial charge in [0.1, 0.15) is 12.4 Å². The quantitative estimate of drug-likeness (QED) is 0.542. The van der Waals surface area contributed by atoms with Crippen molar-refractivity contribution in [3.8, 4) is 18.1 Å². The zero-order valence-electron chi connectivity index (χ0n) is 11.0. The van der Waals surface area contributed by atoms with Gasteiger partial charge in [-0.05, 0) is 44.0 Å². The minimum atomic E-state index is 0.274. The molecule has 0 bridgehead atoms. The zero-order chi connectivity index (χ0) is 13.9. The van der Waals surface area contributed by atoms with E-state index in [4.69, 9.17) is 16.3 Å². The SMILES string of the molecule is C#CCOc1ccc(Br)cc1CNCCCCCO. The van der Waals surface area contributed by atoms with Crippen LogP contribution in [0.4, 0.5) is 0 Å². The number of nitrogens with one attached hydrogen (secondary N) is 1. The predicted octanol–water partition coefficient (Wildman–Crippen LogP) is 2.71. The van der Waals surface area contributed by atoms with Gasteiger partial charge in [-0.2, -0.15) is 0 Å². The van der Waals surface area contributed by atoms with E-state index in [0.717, 1.165) is 48.1 Å². The summed E-state index contributed by atoms with van der Waals surface area (Å²) in [6.45, 7) is 2.24. The molecule has 3 nitrogen and oxygen atoms in total. The van der Waals surface area contributed by atoms with Crippen LogP contribution in [0.15, 0.2) is 22.7 Å². The molecule has 19 heavy (non-hydrogen) atoms. The summed E-state index contributed by atoms with van der Waals surface area (Å²) >= 11 is 3.46. The monoisotopic (exact) mass is 325 g/mol. The van der Waals surface area contributed by atoms with Crippen LogP contribution in [0.2, 0.25) is 0 Å². The van der Waals surface area contributed by atoms with Crippen LogP contribution in [0.3, 0.4) is 0 Å². The molecule has 104 valence electrons. The maximum Gasteiger partial charge on any atom is 0.148 e. The maximum atomic E-state index is 8.69. The van der Waals surface area contributed by atoms with E-state index in [1.807, 2.05) is 18.2 Å². The molecule has 0 aliphatic heterocycles.